The second-order valence-electron chi connectivity index (χ2n) is 3.32. The van der Waals surface area contributed by atoms with Crippen LogP contribution in [0.15, 0.2) is 11.4 Å². The number of methoxy groups -OCH3 is 2. The lowest BCUT2D eigenvalue weighted by Gasteiger charge is -2.06. The number of carbonyl (C=O) groups is 1. The summed E-state index contributed by atoms with van der Waals surface area (Å²) in [4.78, 5) is 12.4. The Hall–Kier alpha value is -1.11. The van der Waals surface area contributed by atoms with Gasteiger partial charge in [0.15, 0.2) is 0 Å². The number of amides is 1. The zero-order valence-electron chi connectivity index (χ0n) is 10.1. The van der Waals surface area contributed by atoms with E-state index < -0.39 is 0 Å². The molecule has 0 fully saturated rings. The topological polar surface area (TPSA) is 59.6 Å². The van der Waals surface area contributed by atoms with Crippen molar-refractivity contribution in [2.24, 2.45) is 0 Å². The molecule has 0 atom stereocenters. The minimum atomic E-state index is -0.0922. The highest BCUT2D eigenvalue weighted by Crippen LogP contribution is 2.23. The molecule has 0 unspecified atom stereocenters. The summed E-state index contributed by atoms with van der Waals surface area (Å²) in [6, 6.07) is 1.79. The van der Waals surface area contributed by atoms with E-state index in [1.807, 2.05) is 5.38 Å². The number of hydrogen-bond acceptors (Lipinski definition) is 5. The van der Waals surface area contributed by atoms with E-state index in [0.717, 1.165) is 13.1 Å². The van der Waals surface area contributed by atoms with Gasteiger partial charge in [-0.25, -0.2) is 0 Å². The van der Waals surface area contributed by atoms with E-state index in [-0.39, 0.29) is 5.91 Å². The van der Waals surface area contributed by atoms with E-state index in [9.17, 15) is 4.79 Å². The van der Waals surface area contributed by atoms with Gasteiger partial charge in [-0.2, -0.15) is 0 Å². The van der Waals surface area contributed by atoms with Crippen molar-refractivity contribution >= 4 is 17.2 Å². The first-order chi connectivity index (χ1) is 8.29. The molecule has 1 rings (SSSR count). The highest BCUT2D eigenvalue weighted by atomic mass is 32.1. The smallest absolute Gasteiger partial charge is 0.265 e. The Kier molecular flexibility index (Phi) is 6.61. The molecule has 0 aliphatic carbocycles. The minimum absolute atomic E-state index is 0.0922. The molecule has 0 aliphatic rings. The van der Waals surface area contributed by atoms with E-state index in [1.165, 1.54) is 11.3 Å². The van der Waals surface area contributed by atoms with Gasteiger partial charge in [0.05, 0.1) is 13.7 Å². The molecule has 2 N–H and O–H groups in total. The van der Waals surface area contributed by atoms with Gasteiger partial charge < -0.3 is 20.1 Å². The summed E-state index contributed by atoms with van der Waals surface area (Å²) in [6.45, 7) is 2.77. The Morgan fingerprint density at radius 1 is 1.35 bits per heavy atom. The lowest BCUT2D eigenvalue weighted by molar-refractivity contribution is 0.0955. The molecule has 0 saturated carbocycles. The van der Waals surface area contributed by atoms with E-state index in [4.69, 9.17) is 9.47 Å². The first-order valence-electron chi connectivity index (χ1n) is 5.39. The lowest BCUT2D eigenvalue weighted by atomic mass is 10.4. The van der Waals surface area contributed by atoms with Crippen molar-refractivity contribution in [3.8, 4) is 5.75 Å². The first-order valence-corrected chi connectivity index (χ1v) is 6.27. The van der Waals surface area contributed by atoms with Crippen LogP contribution in [-0.4, -0.2) is 46.4 Å². The van der Waals surface area contributed by atoms with Crippen molar-refractivity contribution in [2.75, 3.05) is 40.5 Å². The maximum Gasteiger partial charge on any atom is 0.265 e. The maximum atomic E-state index is 11.7. The van der Waals surface area contributed by atoms with Crippen molar-refractivity contribution in [3.63, 3.8) is 0 Å². The number of thiophene rings is 1. The number of rotatable bonds is 8. The molecule has 0 bridgehead atoms. The quantitative estimate of drug-likeness (QED) is 0.675. The number of carbonyl (C=O) groups excluding carboxylic acids is 1. The van der Waals surface area contributed by atoms with E-state index in [0.29, 0.717) is 23.8 Å². The third-order valence-corrected chi connectivity index (χ3v) is 3.02. The number of hydrogen-bond donors (Lipinski definition) is 2. The van der Waals surface area contributed by atoms with E-state index >= 15 is 0 Å². The molecule has 1 aromatic heterocycles. The van der Waals surface area contributed by atoms with E-state index in [2.05, 4.69) is 10.6 Å². The molecule has 1 heterocycles. The van der Waals surface area contributed by atoms with Gasteiger partial charge in [0.1, 0.15) is 10.6 Å². The minimum Gasteiger partial charge on any atom is -0.495 e. The maximum absolute atomic E-state index is 11.7. The fourth-order valence-corrected chi connectivity index (χ4v) is 2.04. The summed E-state index contributed by atoms with van der Waals surface area (Å²) in [5.41, 5.74) is 0. The van der Waals surface area contributed by atoms with Crippen LogP contribution in [0.1, 0.15) is 9.67 Å². The molecule has 1 amide bonds. The van der Waals surface area contributed by atoms with E-state index in [1.54, 1.807) is 20.3 Å². The summed E-state index contributed by atoms with van der Waals surface area (Å²) in [7, 11) is 3.22. The van der Waals surface area contributed by atoms with Crippen LogP contribution in [0.25, 0.3) is 0 Å². The van der Waals surface area contributed by atoms with Gasteiger partial charge in [0.2, 0.25) is 0 Å². The van der Waals surface area contributed by atoms with Crippen LogP contribution in [0.5, 0.6) is 5.75 Å². The summed E-state index contributed by atoms with van der Waals surface area (Å²) < 4.78 is 9.98. The molecule has 0 saturated heterocycles. The van der Waals surface area contributed by atoms with Crippen LogP contribution in [0, 0.1) is 0 Å². The standard InChI is InChI=1S/C11H18N2O3S/c1-15-7-6-12-4-5-13-11(14)10-9(16-2)3-8-17-10/h3,8,12H,4-7H2,1-2H3,(H,13,14). The largest absolute Gasteiger partial charge is 0.495 e. The Labute approximate surface area is 105 Å². The van der Waals surface area contributed by atoms with Gasteiger partial charge >= 0.3 is 0 Å². The molecule has 0 spiro atoms. The zero-order chi connectivity index (χ0) is 12.5. The van der Waals surface area contributed by atoms with Crippen LogP contribution in [0.2, 0.25) is 0 Å². The summed E-state index contributed by atoms with van der Waals surface area (Å²) in [6.07, 6.45) is 0. The van der Waals surface area contributed by atoms with Gasteiger partial charge in [0.25, 0.3) is 5.91 Å². The van der Waals surface area contributed by atoms with Gasteiger partial charge in [-0.3, -0.25) is 4.79 Å². The Morgan fingerprint density at radius 3 is 2.88 bits per heavy atom. The second-order valence-corrected chi connectivity index (χ2v) is 4.23. The van der Waals surface area contributed by atoms with Crippen LogP contribution in [0.4, 0.5) is 0 Å². The van der Waals surface area contributed by atoms with Crippen molar-refractivity contribution < 1.29 is 14.3 Å². The average Bonchev–Trinajstić information content (AvgIpc) is 2.81. The third-order valence-electron chi connectivity index (χ3n) is 2.13. The van der Waals surface area contributed by atoms with Crippen LogP contribution in [0.3, 0.4) is 0 Å². The molecule has 1 aromatic rings. The third kappa shape index (κ3) is 4.72. The van der Waals surface area contributed by atoms with Gasteiger partial charge in [-0.05, 0) is 11.4 Å². The number of ether oxygens (including phenoxy) is 2. The monoisotopic (exact) mass is 258 g/mol. The predicted octanol–water partition coefficient (Wildman–Crippen LogP) is 0.722. The summed E-state index contributed by atoms with van der Waals surface area (Å²) >= 11 is 1.38. The Morgan fingerprint density at radius 2 is 2.18 bits per heavy atom. The summed E-state index contributed by atoms with van der Waals surface area (Å²) in [5.74, 6) is 0.533. The van der Waals surface area contributed by atoms with Crippen molar-refractivity contribution in [1.29, 1.82) is 0 Å². The molecule has 0 radical (unpaired) electrons. The highest BCUT2D eigenvalue weighted by molar-refractivity contribution is 7.12. The van der Waals surface area contributed by atoms with Crippen molar-refractivity contribution in [2.45, 2.75) is 0 Å². The second kappa shape index (κ2) is 8.05. The summed E-state index contributed by atoms with van der Waals surface area (Å²) in [5, 5.41) is 7.81. The lowest BCUT2D eigenvalue weighted by Crippen LogP contribution is -2.32. The average molecular weight is 258 g/mol. The van der Waals surface area contributed by atoms with Crippen LogP contribution in [-0.2, 0) is 4.74 Å². The molecule has 96 valence electrons. The molecular weight excluding hydrogens is 240 g/mol. The number of nitrogens with one attached hydrogen (secondary N) is 2. The molecule has 0 aliphatic heterocycles. The molecule has 6 heteroatoms. The Balaban J connectivity index is 2.21. The predicted molar refractivity (Wildman–Crippen MR) is 67.9 cm³/mol. The SMILES string of the molecule is COCCNCCNC(=O)c1sccc1OC. The van der Waals surface area contributed by atoms with Crippen molar-refractivity contribution in [1.82, 2.24) is 10.6 Å². The van der Waals surface area contributed by atoms with Gasteiger partial charge in [-0.15, -0.1) is 11.3 Å². The molecular formula is C11H18N2O3S. The normalized spacial score (nSPS) is 10.2. The van der Waals surface area contributed by atoms with Gasteiger partial charge in [0, 0.05) is 26.7 Å². The first kappa shape index (κ1) is 14.0. The Bertz CT molecular complexity index is 341. The zero-order valence-corrected chi connectivity index (χ0v) is 10.9. The fourth-order valence-electron chi connectivity index (χ4n) is 1.27. The van der Waals surface area contributed by atoms with Crippen LogP contribution < -0.4 is 15.4 Å². The molecule has 0 aromatic carbocycles. The highest BCUT2D eigenvalue weighted by Gasteiger charge is 2.12. The van der Waals surface area contributed by atoms with Crippen LogP contribution >= 0.6 is 11.3 Å². The van der Waals surface area contributed by atoms with Gasteiger partial charge in [-0.1, -0.05) is 0 Å². The molecule has 17 heavy (non-hydrogen) atoms. The molecule has 5 nitrogen and oxygen atoms in total. The fraction of sp³-hybridized carbons (Fsp3) is 0.545. The van der Waals surface area contributed by atoms with Crippen molar-refractivity contribution in [3.05, 3.63) is 16.3 Å².